The van der Waals surface area contributed by atoms with Gasteiger partial charge in [-0.3, -0.25) is 0 Å². The van der Waals surface area contributed by atoms with Crippen LogP contribution in [0.4, 0.5) is 60.7 Å². The predicted molar refractivity (Wildman–Crippen MR) is 324 cm³/mol. The number of nitrogens with two attached hydrogens (primary N) is 1. The summed E-state index contributed by atoms with van der Waals surface area (Å²) in [6.45, 7) is 7.24. The molecular weight excluding hydrogens is 1330 g/mol. The molecule has 11 rings (SSSR count). The summed E-state index contributed by atoms with van der Waals surface area (Å²) in [4.78, 5) is 63.6. The van der Waals surface area contributed by atoms with Crippen molar-refractivity contribution >= 4 is 92.6 Å². The number of β-amino-alcohol motifs (C(OH)–C–C–N with tert-alkyl or cyclic N) is 1. The molecule has 0 radical (unpaired) electrons. The van der Waals surface area contributed by atoms with Crippen molar-refractivity contribution < 1.29 is 68.4 Å². The standard InChI is InChI=1S/C20H24F3N5O3S.C15H16ClF3N4S.C8H5Cl2N3S.C7H12F3N.C5H9NO3/c1-11-10-32-18(24-11)17-26-15(25-13-5-3-12(4-6-13)20(21,22)23)7-16(27-17)31-14-8-28(9-14)19(29)30-2;1-8-7-24-14(20-8)13-22-11(16)6-12(23-13)21-10-4-2-9(3-5-10)15(17,18)19;1-4-3-14-8(11-4)7-12-5(9)2-6(10)13-7;8-7(9,10)5-1-3-6(11)4-2-5;1-9-5(8)6-2-4(7)3-6/h7,10,12-14H,3-6,8-9H2,1-2H3,(H,25,26,27);6-7,9-10H,2-5H2,1H3,(H,21,22,23);2-3H,1H3;5-6H,1-4,11H2;4,7H,2-3H2,1H3. The number of aromatic nitrogens is 9. The van der Waals surface area contributed by atoms with Gasteiger partial charge in [0.25, 0.3) is 0 Å². The minimum Gasteiger partial charge on any atom is -0.470 e. The van der Waals surface area contributed by atoms with Gasteiger partial charge in [-0.15, -0.1) is 34.0 Å². The molecule has 35 heteroatoms. The molecule has 6 aromatic heterocycles. The molecule has 0 unspecified atom stereocenters. The quantitative estimate of drug-likeness (QED) is 0.0775. The number of hydrogen-bond donors (Lipinski definition) is 4. The van der Waals surface area contributed by atoms with Crippen molar-refractivity contribution in [2.24, 2.45) is 23.5 Å². The minimum absolute atomic E-state index is 0.00593. The average Bonchev–Trinajstić information content (AvgIpc) is 1.53. The lowest BCUT2D eigenvalue weighted by Crippen LogP contribution is -2.56. The number of rotatable bonds is 9. The van der Waals surface area contributed by atoms with Crippen LogP contribution >= 0.6 is 68.8 Å². The molecule has 5 fully saturated rings. The van der Waals surface area contributed by atoms with E-state index in [0.29, 0.717) is 120 Å². The van der Waals surface area contributed by atoms with Gasteiger partial charge in [0.15, 0.2) is 32.5 Å². The van der Waals surface area contributed by atoms with E-state index in [9.17, 15) is 49.1 Å². The number of carbonyl (C=O) groups excluding carboxylic acids is 2. The van der Waals surface area contributed by atoms with E-state index in [1.165, 1.54) is 64.1 Å². The molecule has 3 saturated carbocycles. The van der Waals surface area contributed by atoms with Gasteiger partial charge in [-0.25, -0.2) is 49.5 Å². The van der Waals surface area contributed by atoms with E-state index in [4.69, 9.17) is 50.4 Å². The Labute approximate surface area is 539 Å². The van der Waals surface area contributed by atoms with Gasteiger partial charge in [0, 0.05) is 69.5 Å². The number of ether oxygens (including phenoxy) is 3. The Kier molecular flexibility index (Phi) is 25.6. The summed E-state index contributed by atoms with van der Waals surface area (Å²) in [5.41, 5.74) is 8.12. The van der Waals surface area contributed by atoms with Crippen LogP contribution in [0.5, 0.6) is 5.88 Å². The van der Waals surface area contributed by atoms with Gasteiger partial charge in [-0.05, 0) is 97.8 Å². The maximum absolute atomic E-state index is 13.0. The summed E-state index contributed by atoms with van der Waals surface area (Å²) in [5.74, 6) is -0.922. The lowest BCUT2D eigenvalue weighted by molar-refractivity contribution is -0.183. The second-order valence-corrected chi connectivity index (χ2v) is 25.5. The third-order valence-electron chi connectivity index (χ3n) is 14.7. The van der Waals surface area contributed by atoms with Crippen LogP contribution in [-0.2, 0) is 9.47 Å². The van der Waals surface area contributed by atoms with Crippen molar-refractivity contribution in [3.63, 3.8) is 0 Å². The fraction of sp³-hybridized carbons (Fsp3) is 0.582. The largest absolute Gasteiger partial charge is 0.470 e. The summed E-state index contributed by atoms with van der Waals surface area (Å²) in [6, 6.07) is 4.56. The first-order valence-corrected chi connectivity index (χ1v) is 32.1. The number of nitrogens with one attached hydrogen (secondary N) is 2. The molecule has 5 N–H and O–H groups in total. The maximum atomic E-state index is 13.0. The highest BCUT2D eigenvalue weighted by Crippen LogP contribution is 2.41. The summed E-state index contributed by atoms with van der Waals surface area (Å²) in [7, 11) is 2.65. The van der Waals surface area contributed by atoms with Crippen molar-refractivity contribution in [1.82, 2.24) is 54.7 Å². The highest BCUT2D eigenvalue weighted by atomic mass is 35.5. The molecule has 8 heterocycles. The first-order valence-electron chi connectivity index (χ1n) is 28.3. The zero-order valence-corrected chi connectivity index (χ0v) is 53.9. The van der Waals surface area contributed by atoms with Crippen LogP contribution in [-0.4, -0.2) is 161 Å². The fourth-order valence-electron chi connectivity index (χ4n) is 9.79. The molecule has 20 nitrogen and oxygen atoms in total. The van der Waals surface area contributed by atoms with E-state index in [1.807, 2.05) is 36.9 Å². The zero-order chi connectivity index (χ0) is 65.7. The molecule has 0 aromatic carbocycles. The third-order valence-corrected chi connectivity index (χ3v) is 18.1. The Balaban J connectivity index is 0.000000173. The lowest BCUT2D eigenvalue weighted by Gasteiger charge is -2.37. The summed E-state index contributed by atoms with van der Waals surface area (Å²) in [5, 5.41) is 23.8. The molecule has 0 spiro atoms. The number of aliphatic hydroxyl groups excluding tert-OH is 1. The fourth-order valence-corrected chi connectivity index (χ4v) is 12.6. The van der Waals surface area contributed by atoms with Crippen molar-refractivity contribution in [2.75, 3.05) is 51.0 Å². The molecule has 3 aliphatic carbocycles. The lowest BCUT2D eigenvalue weighted by atomic mass is 9.85. The number of anilines is 2. The molecule has 2 aliphatic heterocycles. The number of methoxy groups -OCH3 is 2. The first-order chi connectivity index (χ1) is 42.4. The highest BCUT2D eigenvalue weighted by Gasteiger charge is 2.44. The van der Waals surface area contributed by atoms with Gasteiger partial charge in [0.05, 0.1) is 64.3 Å². The van der Waals surface area contributed by atoms with E-state index in [2.05, 4.69) is 65.0 Å². The molecule has 0 atom stereocenters. The normalized spacial score (nSPS) is 21.2. The Morgan fingerprint density at radius 3 is 1.22 bits per heavy atom. The summed E-state index contributed by atoms with van der Waals surface area (Å²) >= 11 is 21.8. The number of aliphatic hydroxyl groups is 1. The first kappa shape index (κ1) is 71.7. The predicted octanol–water partition coefficient (Wildman–Crippen LogP) is 14.1. The van der Waals surface area contributed by atoms with E-state index >= 15 is 0 Å². The van der Waals surface area contributed by atoms with Crippen molar-refractivity contribution in [2.45, 2.75) is 147 Å². The SMILES string of the molecule is COC(=O)N1CC(O)C1.COC(=O)N1CC(Oc2cc(NC3CCC(C(F)(F)F)CC3)nc(-c3nc(C)cs3)n2)C1.Cc1csc(-c2nc(Cl)cc(Cl)n2)n1.Cc1csc(-c2nc(Cl)cc(NC3CCC(C(F)(F)F)CC3)n2)n1.NC1CCC(C(F)(F)F)CC1. The van der Waals surface area contributed by atoms with Crippen LogP contribution in [0.1, 0.15) is 94.1 Å². The smallest absolute Gasteiger partial charge is 0.409 e. The third kappa shape index (κ3) is 21.9. The zero-order valence-electron chi connectivity index (χ0n) is 49.1. The van der Waals surface area contributed by atoms with Gasteiger partial charge >= 0.3 is 30.7 Å². The number of alkyl halides is 9. The van der Waals surface area contributed by atoms with Gasteiger partial charge in [0.2, 0.25) is 5.88 Å². The van der Waals surface area contributed by atoms with E-state index in [-0.39, 0.29) is 80.1 Å². The van der Waals surface area contributed by atoms with Gasteiger partial charge < -0.3 is 45.5 Å². The second-order valence-electron chi connectivity index (χ2n) is 21.8. The molecular formula is C55H66Cl3F9N14O6S3. The Morgan fingerprint density at radius 2 is 0.867 bits per heavy atom. The number of amides is 2. The van der Waals surface area contributed by atoms with Gasteiger partial charge in [-0.1, -0.05) is 34.8 Å². The monoisotopic (exact) mass is 1390 g/mol. The van der Waals surface area contributed by atoms with Crippen LogP contribution in [0.25, 0.3) is 32.5 Å². The number of hydrogen-bond acceptors (Lipinski definition) is 21. The average molecular weight is 1390 g/mol. The number of carbonyl (C=O) groups is 2. The van der Waals surface area contributed by atoms with Crippen LogP contribution in [0, 0.1) is 38.5 Å². The number of likely N-dealkylation sites (tertiary alicyclic amines) is 2. The van der Waals surface area contributed by atoms with E-state index < -0.39 is 42.4 Å². The molecule has 2 amide bonds. The Bertz CT molecular complexity index is 3260. The maximum Gasteiger partial charge on any atom is 0.409 e. The second kappa shape index (κ2) is 32.2. The van der Waals surface area contributed by atoms with Crippen LogP contribution in [0.3, 0.4) is 0 Å². The molecule has 2 saturated heterocycles. The molecule has 494 valence electrons. The number of thiazole rings is 3. The van der Waals surface area contributed by atoms with Crippen molar-refractivity contribution in [3.8, 4) is 38.4 Å². The summed E-state index contributed by atoms with van der Waals surface area (Å²) < 4.78 is 128. The van der Waals surface area contributed by atoms with Crippen molar-refractivity contribution in [1.29, 1.82) is 0 Å². The number of nitrogens with zero attached hydrogens (tertiary/aromatic N) is 11. The topological polar surface area (TPSA) is 255 Å². The highest BCUT2D eigenvalue weighted by molar-refractivity contribution is 7.13. The molecule has 90 heavy (non-hydrogen) atoms. The molecule has 5 aliphatic rings. The number of aryl methyl sites for hydroxylation is 3. The van der Waals surface area contributed by atoms with Gasteiger partial charge in [-0.2, -0.15) is 44.5 Å². The van der Waals surface area contributed by atoms with Gasteiger partial charge in [0.1, 0.15) is 33.2 Å². The van der Waals surface area contributed by atoms with Crippen LogP contribution in [0.2, 0.25) is 15.5 Å². The Morgan fingerprint density at radius 1 is 0.522 bits per heavy atom. The van der Waals surface area contributed by atoms with E-state index in [0.717, 1.165) is 22.1 Å². The van der Waals surface area contributed by atoms with Crippen LogP contribution < -0.4 is 21.1 Å². The Hall–Kier alpha value is -5.77. The van der Waals surface area contributed by atoms with E-state index in [1.54, 1.807) is 12.1 Å². The molecule has 0 bridgehead atoms. The summed E-state index contributed by atoms with van der Waals surface area (Å²) in [6.07, 6.45) is -9.93. The number of halogens is 12. The van der Waals surface area contributed by atoms with Crippen molar-refractivity contribution in [3.05, 3.63) is 66.9 Å². The van der Waals surface area contributed by atoms with Crippen LogP contribution in [0.15, 0.2) is 34.3 Å². The molecule has 6 aromatic rings. The minimum atomic E-state index is -4.14.